The Balaban J connectivity index is 1.82. The molecule has 0 radical (unpaired) electrons. The van der Waals surface area contributed by atoms with E-state index in [1.54, 1.807) is 36.4 Å². The monoisotopic (exact) mass is 336 g/mol. The van der Waals surface area contributed by atoms with Gasteiger partial charge in [0.25, 0.3) is 11.8 Å². The number of benzene rings is 3. The summed E-state index contributed by atoms with van der Waals surface area (Å²) in [7, 11) is 0. The lowest BCUT2D eigenvalue weighted by atomic mass is 9.95. The summed E-state index contributed by atoms with van der Waals surface area (Å²) in [5.41, 5.74) is 0.220. The van der Waals surface area contributed by atoms with Gasteiger partial charge in [0.15, 0.2) is 0 Å². The molecule has 0 N–H and O–H groups in total. The summed E-state index contributed by atoms with van der Waals surface area (Å²) in [6.45, 7) is 0. The van der Waals surface area contributed by atoms with Crippen LogP contribution in [0, 0.1) is 11.6 Å². The van der Waals surface area contributed by atoms with Gasteiger partial charge in [-0.15, -0.1) is 0 Å². The maximum atomic E-state index is 13.7. The first kappa shape index (κ1) is 15.1. The van der Waals surface area contributed by atoms with E-state index in [2.05, 4.69) is 5.10 Å². The predicted octanol–water partition coefficient (Wildman–Crippen LogP) is 3.75. The van der Waals surface area contributed by atoms with Crippen LogP contribution < -0.4 is 0 Å². The highest BCUT2D eigenvalue weighted by Crippen LogP contribution is 2.30. The first-order valence-corrected chi connectivity index (χ1v) is 7.46. The van der Waals surface area contributed by atoms with Gasteiger partial charge in [0.05, 0.1) is 22.9 Å². The molecule has 1 heterocycles. The molecule has 0 fully saturated rings. The van der Waals surface area contributed by atoms with Crippen LogP contribution in [0.15, 0.2) is 59.7 Å². The maximum absolute atomic E-state index is 13.7. The van der Waals surface area contributed by atoms with E-state index in [9.17, 15) is 18.4 Å². The summed E-state index contributed by atoms with van der Waals surface area (Å²) in [5, 5.41) is 5.70. The minimum Gasteiger partial charge on any atom is -0.267 e. The highest BCUT2D eigenvalue weighted by atomic mass is 19.1. The van der Waals surface area contributed by atoms with Crippen molar-refractivity contribution >= 4 is 28.8 Å². The van der Waals surface area contributed by atoms with Gasteiger partial charge in [-0.25, -0.2) is 8.78 Å². The van der Waals surface area contributed by atoms with Crippen molar-refractivity contribution < 1.29 is 18.4 Å². The molecule has 6 heteroatoms. The molecule has 122 valence electrons. The van der Waals surface area contributed by atoms with E-state index in [0.717, 1.165) is 23.7 Å². The number of amides is 2. The van der Waals surface area contributed by atoms with Gasteiger partial charge in [0.1, 0.15) is 11.6 Å². The quantitative estimate of drug-likeness (QED) is 0.529. The Morgan fingerprint density at radius 2 is 1.32 bits per heavy atom. The lowest BCUT2D eigenvalue weighted by Gasteiger charge is -2.23. The Morgan fingerprint density at radius 3 is 1.88 bits per heavy atom. The molecular weight excluding hydrogens is 326 g/mol. The SMILES string of the molecule is O=C1c2cccc3cccc(c23)C(=O)N1/N=C\c1c(F)cccc1F. The van der Waals surface area contributed by atoms with Crippen LogP contribution in [0.1, 0.15) is 26.3 Å². The van der Waals surface area contributed by atoms with Gasteiger partial charge in [0, 0.05) is 5.39 Å². The number of hydrogen-bond acceptors (Lipinski definition) is 3. The van der Waals surface area contributed by atoms with Crippen molar-refractivity contribution in [1.29, 1.82) is 0 Å². The van der Waals surface area contributed by atoms with Gasteiger partial charge in [-0.2, -0.15) is 10.1 Å². The molecule has 1 aliphatic heterocycles. The summed E-state index contributed by atoms with van der Waals surface area (Å²) < 4.78 is 27.4. The number of halogens is 2. The van der Waals surface area contributed by atoms with Crippen LogP contribution in [0.4, 0.5) is 8.78 Å². The second-order valence-corrected chi connectivity index (χ2v) is 5.51. The minimum atomic E-state index is -0.830. The van der Waals surface area contributed by atoms with Crippen molar-refractivity contribution in [3.8, 4) is 0 Å². The highest BCUT2D eigenvalue weighted by Gasteiger charge is 2.32. The smallest absolute Gasteiger partial charge is 0.267 e. The average molecular weight is 336 g/mol. The number of rotatable bonds is 2. The van der Waals surface area contributed by atoms with E-state index < -0.39 is 29.0 Å². The zero-order valence-corrected chi connectivity index (χ0v) is 12.7. The fraction of sp³-hybridized carbons (Fsp3) is 0. The number of hydrazone groups is 1. The summed E-state index contributed by atoms with van der Waals surface area (Å²) in [5.74, 6) is -2.93. The molecule has 0 saturated heterocycles. The third-order valence-electron chi connectivity index (χ3n) is 4.05. The van der Waals surface area contributed by atoms with E-state index in [1.165, 1.54) is 6.07 Å². The van der Waals surface area contributed by atoms with E-state index >= 15 is 0 Å². The van der Waals surface area contributed by atoms with Crippen molar-refractivity contribution in [3.63, 3.8) is 0 Å². The Morgan fingerprint density at radius 1 is 0.800 bits per heavy atom. The number of hydrogen-bond donors (Lipinski definition) is 0. The second kappa shape index (κ2) is 5.59. The molecule has 0 aromatic heterocycles. The molecule has 0 bridgehead atoms. The minimum absolute atomic E-state index is 0.318. The molecule has 1 aliphatic rings. The number of carbonyl (C=O) groups is 2. The molecule has 0 atom stereocenters. The zero-order chi connectivity index (χ0) is 17.6. The van der Waals surface area contributed by atoms with Gasteiger partial charge in [0.2, 0.25) is 0 Å². The van der Waals surface area contributed by atoms with E-state index in [4.69, 9.17) is 0 Å². The van der Waals surface area contributed by atoms with Gasteiger partial charge in [-0.1, -0.05) is 30.3 Å². The van der Waals surface area contributed by atoms with Gasteiger partial charge in [-0.3, -0.25) is 9.59 Å². The number of nitrogens with zero attached hydrogens (tertiary/aromatic N) is 2. The lowest BCUT2D eigenvalue weighted by Crippen LogP contribution is -2.36. The summed E-state index contributed by atoms with van der Waals surface area (Å²) in [6, 6.07) is 13.5. The largest absolute Gasteiger partial charge is 0.282 e. The van der Waals surface area contributed by atoms with Crippen LogP contribution in [0.3, 0.4) is 0 Å². The first-order chi connectivity index (χ1) is 12.1. The Hall–Kier alpha value is -3.41. The molecule has 0 aliphatic carbocycles. The molecule has 3 aromatic carbocycles. The fourth-order valence-corrected chi connectivity index (χ4v) is 2.87. The maximum Gasteiger partial charge on any atom is 0.282 e. The standard InChI is InChI=1S/C19H10F2N2O2/c20-15-8-3-9-16(21)14(15)10-22-23-18(24)12-6-1-4-11-5-2-7-13(17(11)12)19(23)25/h1-10H/b22-10-. The van der Waals surface area contributed by atoms with E-state index in [1.807, 2.05) is 0 Å². The number of imide groups is 1. The molecule has 4 nitrogen and oxygen atoms in total. The molecule has 25 heavy (non-hydrogen) atoms. The fourth-order valence-electron chi connectivity index (χ4n) is 2.87. The van der Waals surface area contributed by atoms with Crippen molar-refractivity contribution in [2.24, 2.45) is 5.10 Å². The summed E-state index contributed by atoms with van der Waals surface area (Å²) in [4.78, 5) is 25.2. The highest BCUT2D eigenvalue weighted by molar-refractivity contribution is 6.25. The van der Waals surface area contributed by atoms with Crippen LogP contribution in [0.5, 0.6) is 0 Å². The molecule has 4 rings (SSSR count). The predicted molar refractivity (Wildman–Crippen MR) is 88.4 cm³/mol. The summed E-state index contributed by atoms with van der Waals surface area (Å²) >= 11 is 0. The third kappa shape index (κ3) is 2.30. The normalized spacial score (nSPS) is 13.9. The molecule has 3 aromatic rings. The first-order valence-electron chi connectivity index (χ1n) is 7.46. The topological polar surface area (TPSA) is 49.7 Å². The van der Waals surface area contributed by atoms with Gasteiger partial charge in [-0.05, 0) is 29.7 Å². The number of carbonyl (C=O) groups excluding carboxylic acids is 2. The zero-order valence-electron chi connectivity index (χ0n) is 12.7. The molecule has 0 spiro atoms. The second-order valence-electron chi connectivity index (χ2n) is 5.51. The lowest BCUT2D eigenvalue weighted by molar-refractivity contribution is 0.0616. The Kier molecular flexibility index (Phi) is 3.39. The van der Waals surface area contributed by atoms with Crippen LogP contribution in [0.25, 0.3) is 10.8 Å². The average Bonchev–Trinajstić information content (AvgIpc) is 2.61. The van der Waals surface area contributed by atoms with Crippen molar-refractivity contribution in [1.82, 2.24) is 5.01 Å². The van der Waals surface area contributed by atoms with Crippen LogP contribution >= 0.6 is 0 Å². The third-order valence-corrected chi connectivity index (χ3v) is 4.05. The summed E-state index contributed by atoms with van der Waals surface area (Å²) in [6.07, 6.45) is 0.842. The van der Waals surface area contributed by atoms with Crippen LogP contribution in [-0.4, -0.2) is 23.0 Å². The molecule has 0 saturated carbocycles. The van der Waals surface area contributed by atoms with Gasteiger partial charge < -0.3 is 0 Å². The molecular formula is C19H10F2N2O2. The van der Waals surface area contributed by atoms with Crippen molar-refractivity contribution in [2.75, 3.05) is 0 Å². The van der Waals surface area contributed by atoms with Crippen molar-refractivity contribution in [2.45, 2.75) is 0 Å². The van der Waals surface area contributed by atoms with Crippen molar-refractivity contribution in [3.05, 3.63) is 82.9 Å². The van der Waals surface area contributed by atoms with E-state index in [-0.39, 0.29) is 0 Å². The molecule has 0 unspecified atom stereocenters. The van der Waals surface area contributed by atoms with Crippen LogP contribution in [-0.2, 0) is 0 Å². The van der Waals surface area contributed by atoms with Gasteiger partial charge >= 0.3 is 0 Å². The Labute approximate surface area is 141 Å². The van der Waals surface area contributed by atoms with Crippen LogP contribution in [0.2, 0.25) is 0 Å². The Bertz CT molecular complexity index is 1010. The van der Waals surface area contributed by atoms with E-state index in [0.29, 0.717) is 21.5 Å². The molecule has 2 amide bonds.